The zero-order valence-corrected chi connectivity index (χ0v) is 15.4. The largest absolute Gasteiger partial charge is 0.463 e. The molecule has 1 aromatic rings. The number of esters is 1. The van der Waals surface area contributed by atoms with Crippen molar-refractivity contribution in [2.24, 2.45) is 0 Å². The lowest BCUT2D eigenvalue weighted by atomic mass is 10.1. The summed E-state index contributed by atoms with van der Waals surface area (Å²) in [6, 6.07) is 8.38. The van der Waals surface area contributed by atoms with Crippen LogP contribution in [0.3, 0.4) is 0 Å². The summed E-state index contributed by atoms with van der Waals surface area (Å²) in [5.74, 6) is -0.368. The summed E-state index contributed by atoms with van der Waals surface area (Å²) in [7, 11) is -1.82. The van der Waals surface area contributed by atoms with E-state index < -0.39 is 9.28 Å². The quantitative estimate of drug-likeness (QED) is 0.255. The summed E-state index contributed by atoms with van der Waals surface area (Å²) >= 11 is 0. The minimum atomic E-state index is -1.82. The highest BCUT2D eigenvalue weighted by Crippen LogP contribution is 2.04. The van der Waals surface area contributed by atoms with Gasteiger partial charge in [-0.2, -0.15) is 0 Å². The van der Waals surface area contributed by atoms with Crippen molar-refractivity contribution >= 4 is 20.4 Å². The van der Waals surface area contributed by atoms with Crippen LogP contribution in [-0.4, -0.2) is 35.1 Å². The molecule has 0 saturated carbocycles. The fourth-order valence-corrected chi connectivity index (χ4v) is 4.09. The molecule has 23 heavy (non-hydrogen) atoms. The minimum absolute atomic E-state index is 0.368. The van der Waals surface area contributed by atoms with E-state index in [-0.39, 0.29) is 5.97 Å². The number of rotatable bonds is 12. The van der Waals surface area contributed by atoms with Gasteiger partial charge in [-0.3, -0.25) is 0 Å². The van der Waals surface area contributed by atoms with Crippen molar-refractivity contribution in [2.45, 2.75) is 39.5 Å². The molecule has 0 N–H and O–H groups in total. The Labute approximate surface area is 141 Å². The van der Waals surface area contributed by atoms with Crippen molar-refractivity contribution in [2.75, 3.05) is 19.8 Å². The third kappa shape index (κ3) is 8.11. The summed E-state index contributed by atoms with van der Waals surface area (Å²) in [5, 5.41) is 1.17. The lowest BCUT2D eigenvalue weighted by Crippen LogP contribution is -2.37. The van der Waals surface area contributed by atoms with Crippen LogP contribution in [0.15, 0.2) is 36.9 Å². The van der Waals surface area contributed by atoms with Crippen LogP contribution < -0.4 is 5.19 Å². The zero-order valence-electron chi connectivity index (χ0n) is 14.3. The van der Waals surface area contributed by atoms with Crippen LogP contribution in [0.2, 0.25) is 0 Å². The highest BCUT2D eigenvalue weighted by atomic mass is 28.3. The Bertz CT molecular complexity index is 468. The van der Waals surface area contributed by atoms with Crippen molar-refractivity contribution < 1.29 is 18.4 Å². The second-order valence-electron chi connectivity index (χ2n) is 5.29. The number of carbonyl (C=O) groups is 1. The molecular formula is C18H28O4Si. The van der Waals surface area contributed by atoms with Crippen molar-refractivity contribution in [3.05, 3.63) is 42.5 Å². The first-order valence-electron chi connectivity index (χ1n) is 8.32. The standard InChI is InChI=1S/C18H28O4Si/c1-4-12-21-23(22-13-5-2)17-11-7-9-16(15-17)10-8-14-20-18(19)6-3/h6-7,9,11,15,23H,3-5,8,10,12-14H2,1-2H3. The first kappa shape index (κ1) is 19.6. The summed E-state index contributed by atoms with van der Waals surface area (Å²) in [6.07, 6.45) is 4.83. The average molecular weight is 337 g/mol. The maximum Gasteiger partial charge on any atom is 0.355 e. The van der Waals surface area contributed by atoms with Crippen LogP contribution in [0.4, 0.5) is 0 Å². The van der Waals surface area contributed by atoms with Crippen LogP contribution in [0, 0.1) is 0 Å². The van der Waals surface area contributed by atoms with Crippen LogP contribution in [-0.2, 0) is 24.8 Å². The van der Waals surface area contributed by atoms with E-state index in [1.807, 2.05) is 6.07 Å². The van der Waals surface area contributed by atoms with E-state index in [9.17, 15) is 4.79 Å². The Morgan fingerprint density at radius 2 is 1.87 bits per heavy atom. The fraction of sp³-hybridized carbons (Fsp3) is 0.500. The van der Waals surface area contributed by atoms with E-state index in [1.165, 1.54) is 16.8 Å². The molecular weight excluding hydrogens is 308 g/mol. The third-order valence-electron chi connectivity index (χ3n) is 3.19. The maximum atomic E-state index is 11.0. The molecule has 5 heteroatoms. The first-order valence-corrected chi connectivity index (χ1v) is 9.84. The van der Waals surface area contributed by atoms with E-state index >= 15 is 0 Å². The van der Waals surface area contributed by atoms with Crippen LogP contribution >= 0.6 is 0 Å². The molecule has 0 atom stereocenters. The predicted octanol–water partition coefficient (Wildman–Crippen LogP) is 2.63. The molecule has 0 spiro atoms. The molecule has 0 radical (unpaired) electrons. The molecule has 0 aliphatic carbocycles. The molecule has 0 unspecified atom stereocenters. The summed E-state index contributed by atoms with van der Waals surface area (Å²) in [6.45, 7) is 9.47. The van der Waals surface area contributed by atoms with E-state index in [2.05, 4.69) is 38.6 Å². The second-order valence-corrected chi connectivity index (χ2v) is 7.29. The number of hydrogen-bond donors (Lipinski definition) is 0. The van der Waals surface area contributed by atoms with Crippen molar-refractivity contribution in [1.82, 2.24) is 0 Å². The van der Waals surface area contributed by atoms with E-state index in [0.717, 1.165) is 38.9 Å². The lowest BCUT2D eigenvalue weighted by molar-refractivity contribution is -0.137. The van der Waals surface area contributed by atoms with Gasteiger partial charge in [-0.25, -0.2) is 4.79 Å². The molecule has 0 amide bonds. The number of hydrogen-bond acceptors (Lipinski definition) is 4. The van der Waals surface area contributed by atoms with Crippen molar-refractivity contribution in [1.29, 1.82) is 0 Å². The molecule has 0 bridgehead atoms. The van der Waals surface area contributed by atoms with Gasteiger partial charge in [0.2, 0.25) is 0 Å². The predicted molar refractivity (Wildman–Crippen MR) is 95.2 cm³/mol. The molecule has 0 aliphatic rings. The van der Waals surface area contributed by atoms with E-state index in [4.69, 9.17) is 13.6 Å². The van der Waals surface area contributed by atoms with Gasteiger partial charge in [-0.15, -0.1) is 0 Å². The molecule has 0 saturated heterocycles. The Kier molecular flexibility index (Phi) is 10.3. The van der Waals surface area contributed by atoms with Crippen LogP contribution in [0.1, 0.15) is 38.7 Å². The SMILES string of the molecule is C=CC(=O)OCCCc1cccc([SiH](OCCC)OCCC)c1. The van der Waals surface area contributed by atoms with Gasteiger partial charge in [0.25, 0.3) is 0 Å². The molecule has 0 aromatic heterocycles. The molecule has 4 nitrogen and oxygen atoms in total. The first-order chi connectivity index (χ1) is 11.2. The van der Waals surface area contributed by atoms with E-state index in [1.54, 1.807) is 0 Å². The fourth-order valence-electron chi connectivity index (χ4n) is 2.09. The third-order valence-corrected chi connectivity index (χ3v) is 5.17. The van der Waals surface area contributed by atoms with E-state index in [0.29, 0.717) is 6.61 Å². The second kappa shape index (κ2) is 12.0. The highest BCUT2D eigenvalue weighted by molar-refractivity contribution is 6.61. The Morgan fingerprint density at radius 3 is 2.48 bits per heavy atom. The molecule has 1 aromatic carbocycles. The molecule has 128 valence electrons. The van der Waals surface area contributed by atoms with Gasteiger partial charge in [-0.05, 0) is 36.4 Å². The number of benzene rings is 1. The molecule has 0 fully saturated rings. The number of carbonyl (C=O) groups excluding carboxylic acids is 1. The van der Waals surface area contributed by atoms with Gasteiger partial charge in [0.15, 0.2) is 0 Å². The minimum Gasteiger partial charge on any atom is -0.463 e. The van der Waals surface area contributed by atoms with Crippen molar-refractivity contribution in [3.63, 3.8) is 0 Å². The Balaban J connectivity index is 2.57. The smallest absolute Gasteiger partial charge is 0.355 e. The van der Waals surface area contributed by atoms with Gasteiger partial charge in [0.1, 0.15) is 0 Å². The van der Waals surface area contributed by atoms with Gasteiger partial charge in [-0.1, -0.05) is 44.7 Å². The topological polar surface area (TPSA) is 44.8 Å². The highest BCUT2D eigenvalue weighted by Gasteiger charge is 2.16. The Hall–Kier alpha value is -1.43. The summed E-state index contributed by atoms with van der Waals surface area (Å²) in [5.41, 5.74) is 1.22. The summed E-state index contributed by atoms with van der Waals surface area (Å²) < 4.78 is 16.9. The number of ether oxygens (including phenoxy) is 1. The maximum absolute atomic E-state index is 11.0. The molecule has 1 rings (SSSR count). The zero-order chi connectivity index (χ0) is 16.9. The summed E-state index contributed by atoms with van der Waals surface area (Å²) in [4.78, 5) is 11.0. The average Bonchev–Trinajstić information content (AvgIpc) is 2.59. The van der Waals surface area contributed by atoms with Gasteiger partial charge < -0.3 is 13.6 Å². The number of aryl methyl sites for hydroxylation is 1. The molecule has 0 aliphatic heterocycles. The van der Waals surface area contributed by atoms with Gasteiger partial charge in [0, 0.05) is 19.3 Å². The molecule has 0 heterocycles. The van der Waals surface area contributed by atoms with Crippen LogP contribution in [0.5, 0.6) is 0 Å². The van der Waals surface area contributed by atoms with Crippen LogP contribution in [0.25, 0.3) is 0 Å². The normalized spacial score (nSPS) is 10.7. The van der Waals surface area contributed by atoms with Gasteiger partial charge >= 0.3 is 15.3 Å². The van der Waals surface area contributed by atoms with Gasteiger partial charge in [0.05, 0.1) is 6.61 Å². The van der Waals surface area contributed by atoms with Crippen molar-refractivity contribution in [3.8, 4) is 0 Å². The monoisotopic (exact) mass is 336 g/mol. The lowest BCUT2D eigenvalue weighted by Gasteiger charge is -2.17. The Morgan fingerprint density at radius 1 is 1.17 bits per heavy atom.